The first kappa shape index (κ1) is 14.1. The Morgan fingerprint density at radius 1 is 1.38 bits per heavy atom. The van der Waals surface area contributed by atoms with Gasteiger partial charge in [-0.2, -0.15) is 0 Å². The molecule has 2 unspecified atom stereocenters. The van der Waals surface area contributed by atoms with Gasteiger partial charge in [-0.1, -0.05) is 18.6 Å². The standard InChI is InChI=1S/C17H22N2O2/c1-11-9-14(18-10-12-5-3-7-15(12)20)13-6-4-8-16(21-2)17(13)19-11/h4,6,8-9,12,15,20H,3,5,7,10H2,1-2H3,(H,18,19). The molecule has 0 radical (unpaired) electrons. The fraction of sp³-hybridized carbons (Fsp3) is 0.471. The van der Waals surface area contributed by atoms with E-state index in [1.807, 2.05) is 19.1 Å². The van der Waals surface area contributed by atoms with E-state index in [-0.39, 0.29) is 6.10 Å². The Morgan fingerprint density at radius 2 is 2.24 bits per heavy atom. The first-order valence-electron chi connectivity index (χ1n) is 7.55. The Kier molecular flexibility index (Phi) is 3.97. The van der Waals surface area contributed by atoms with Gasteiger partial charge >= 0.3 is 0 Å². The molecule has 1 aromatic carbocycles. The molecular formula is C17H22N2O2. The molecule has 1 saturated carbocycles. The van der Waals surface area contributed by atoms with Crippen molar-refractivity contribution in [3.05, 3.63) is 30.0 Å². The lowest BCUT2D eigenvalue weighted by molar-refractivity contribution is 0.138. The van der Waals surface area contributed by atoms with Gasteiger partial charge in [0.15, 0.2) is 0 Å². The minimum absolute atomic E-state index is 0.166. The minimum atomic E-state index is -0.166. The van der Waals surface area contributed by atoms with E-state index in [4.69, 9.17) is 4.74 Å². The highest BCUT2D eigenvalue weighted by Gasteiger charge is 2.24. The second kappa shape index (κ2) is 5.90. The van der Waals surface area contributed by atoms with Crippen LogP contribution < -0.4 is 10.1 Å². The predicted octanol–water partition coefficient (Wildman–Crippen LogP) is 3.12. The summed E-state index contributed by atoms with van der Waals surface area (Å²) in [5, 5.41) is 14.5. The number of pyridine rings is 1. The van der Waals surface area contributed by atoms with Gasteiger partial charge in [0.05, 0.1) is 13.2 Å². The zero-order valence-electron chi connectivity index (χ0n) is 12.6. The molecule has 112 valence electrons. The highest BCUT2D eigenvalue weighted by atomic mass is 16.5. The van der Waals surface area contributed by atoms with Gasteiger partial charge in [0.25, 0.3) is 0 Å². The molecule has 0 aliphatic heterocycles. The minimum Gasteiger partial charge on any atom is -0.494 e. The maximum atomic E-state index is 9.94. The molecule has 1 aliphatic carbocycles. The first-order valence-corrected chi connectivity index (χ1v) is 7.55. The number of anilines is 1. The highest BCUT2D eigenvalue weighted by molar-refractivity contribution is 5.95. The number of aliphatic hydroxyl groups is 1. The number of ether oxygens (including phenoxy) is 1. The van der Waals surface area contributed by atoms with Crippen molar-refractivity contribution in [3.8, 4) is 5.75 Å². The summed E-state index contributed by atoms with van der Waals surface area (Å²) in [6, 6.07) is 8.02. The topological polar surface area (TPSA) is 54.4 Å². The fourth-order valence-corrected chi connectivity index (χ4v) is 3.16. The second-order valence-electron chi connectivity index (χ2n) is 5.81. The maximum absolute atomic E-state index is 9.94. The van der Waals surface area contributed by atoms with E-state index >= 15 is 0 Å². The van der Waals surface area contributed by atoms with Crippen LogP contribution >= 0.6 is 0 Å². The van der Waals surface area contributed by atoms with Crippen molar-refractivity contribution in [1.82, 2.24) is 4.98 Å². The predicted molar refractivity (Wildman–Crippen MR) is 84.9 cm³/mol. The lowest BCUT2D eigenvalue weighted by atomic mass is 10.1. The zero-order chi connectivity index (χ0) is 14.8. The number of nitrogens with zero attached hydrogens (tertiary/aromatic N) is 1. The Bertz CT molecular complexity index is 642. The maximum Gasteiger partial charge on any atom is 0.145 e. The third-order valence-corrected chi connectivity index (χ3v) is 4.32. The zero-order valence-corrected chi connectivity index (χ0v) is 12.6. The lowest BCUT2D eigenvalue weighted by Crippen LogP contribution is -2.22. The first-order chi connectivity index (χ1) is 10.2. The molecule has 1 fully saturated rings. The summed E-state index contributed by atoms with van der Waals surface area (Å²) < 4.78 is 5.40. The summed E-state index contributed by atoms with van der Waals surface area (Å²) in [5.41, 5.74) is 2.91. The highest BCUT2D eigenvalue weighted by Crippen LogP contribution is 2.31. The van der Waals surface area contributed by atoms with Gasteiger partial charge in [-0.3, -0.25) is 0 Å². The van der Waals surface area contributed by atoms with Crippen molar-refractivity contribution in [2.75, 3.05) is 19.0 Å². The smallest absolute Gasteiger partial charge is 0.145 e. The summed E-state index contributed by atoms with van der Waals surface area (Å²) >= 11 is 0. The Morgan fingerprint density at radius 3 is 2.95 bits per heavy atom. The Balaban J connectivity index is 1.90. The van der Waals surface area contributed by atoms with Gasteiger partial charge in [-0.15, -0.1) is 0 Å². The van der Waals surface area contributed by atoms with Crippen molar-refractivity contribution >= 4 is 16.6 Å². The molecule has 0 saturated heterocycles. The molecule has 0 amide bonds. The van der Waals surface area contributed by atoms with Gasteiger partial charge in [-0.25, -0.2) is 4.98 Å². The summed E-state index contributed by atoms with van der Waals surface area (Å²) in [4.78, 5) is 4.59. The van der Waals surface area contributed by atoms with Crippen molar-refractivity contribution in [2.45, 2.75) is 32.3 Å². The summed E-state index contributed by atoms with van der Waals surface area (Å²) in [6.07, 6.45) is 2.98. The normalized spacial score (nSPS) is 21.7. The van der Waals surface area contributed by atoms with E-state index < -0.39 is 0 Å². The number of aryl methyl sites for hydroxylation is 1. The number of fused-ring (bicyclic) bond motifs is 1. The van der Waals surface area contributed by atoms with E-state index in [9.17, 15) is 5.11 Å². The monoisotopic (exact) mass is 286 g/mol. The number of aromatic nitrogens is 1. The fourth-order valence-electron chi connectivity index (χ4n) is 3.16. The van der Waals surface area contributed by atoms with Gasteiger partial charge in [0.1, 0.15) is 11.3 Å². The average Bonchev–Trinajstić information content (AvgIpc) is 2.89. The molecule has 2 aromatic rings. The summed E-state index contributed by atoms with van der Waals surface area (Å²) in [5.74, 6) is 1.14. The lowest BCUT2D eigenvalue weighted by Gasteiger charge is -2.18. The van der Waals surface area contributed by atoms with Crippen molar-refractivity contribution in [2.24, 2.45) is 5.92 Å². The third kappa shape index (κ3) is 2.81. The molecule has 21 heavy (non-hydrogen) atoms. The number of aliphatic hydroxyl groups excluding tert-OH is 1. The summed E-state index contributed by atoms with van der Waals surface area (Å²) in [6.45, 7) is 2.79. The Hall–Kier alpha value is -1.81. The van der Waals surface area contributed by atoms with Gasteiger partial charge in [0, 0.05) is 29.2 Å². The third-order valence-electron chi connectivity index (χ3n) is 4.32. The van der Waals surface area contributed by atoms with E-state index in [1.165, 1.54) is 0 Å². The Labute approximate surface area is 125 Å². The SMILES string of the molecule is COc1cccc2c(NCC3CCCC3O)cc(C)nc12. The van der Waals surface area contributed by atoms with Gasteiger partial charge < -0.3 is 15.2 Å². The molecular weight excluding hydrogens is 264 g/mol. The van der Waals surface area contributed by atoms with E-state index in [0.29, 0.717) is 5.92 Å². The van der Waals surface area contributed by atoms with Crippen LogP contribution in [0.4, 0.5) is 5.69 Å². The quantitative estimate of drug-likeness (QED) is 0.906. The summed E-state index contributed by atoms with van der Waals surface area (Å²) in [7, 11) is 1.67. The molecule has 2 N–H and O–H groups in total. The number of hydrogen-bond donors (Lipinski definition) is 2. The van der Waals surface area contributed by atoms with Gasteiger partial charge in [0.2, 0.25) is 0 Å². The van der Waals surface area contributed by atoms with Crippen LogP contribution in [0, 0.1) is 12.8 Å². The molecule has 0 bridgehead atoms. The molecule has 3 rings (SSSR count). The molecule has 4 heteroatoms. The molecule has 1 aromatic heterocycles. The van der Waals surface area contributed by atoms with E-state index in [1.54, 1.807) is 7.11 Å². The number of methoxy groups -OCH3 is 1. The average molecular weight is 286 g/mol. The van der Waals surface area contributed by atoms with Crippen LogP contribution in [0.5, 0.6) is 5.75 Å². The van der Waals surface area contributed by atoms with Crippen LogP contribution in [0.2, 0.25) is 0 Å². The van der Waals surface area contributed by atoms with Crippen molar-refractivity contribution in [3.63, 3.8) is 0 Å². The van der Waals surface area contributed by atoms with Gasteiger partial charge in [-0.05, 0) is 31.9 Å². The van der Waals surface area contributed by atoms with Crippen LogP contribution in [-0.4, -0.2) is 29.8 Å². The van der Waals surface area contributed by atoms with Crippen molar-refractivity contribution < 1.29 is 9.84 Å². The van der Waals surface area contributed by atoms with Crippen LogP contribution in [0.1, 0.15) is 25.0 Å². The largest absolute Gasteiger partial charge is 0.494 e. The van der Waals surface area contributed by atoms with Crippen LogP contribution in [0.15, 0.2) is 24.3 Å². The van der Waals surface area contributed by atoms with Crippen LogP contribution in [-0.2, 0) is 0 Å². The second-order valence-corrected chi connectivity index (χ2v) is 5.81. The van der Waals surface area contributed by atoms with Crippen molar-refractivity contribution in [1.29, 1.82) is 0 Å². The number of nitrogens with one attached hydrogen (secondary N) is 1. The number of rotatable bonds is 4. The van der Waals surface area contributed by atoms with Crippen LogP contribution in [0.25, 0.3) is 10.9 Å². The molecule has 1 aliphatic rings. The molecule has 4 nitrogen and oxygen atoms in total. The van der Waals surface area contributed by atoms with Crippen LogP contribution in [0.3, 0.4) is 0 Å². The molecule has 2 atom stereocenters. The number of benzene rings is 1. The van der Waals surface area contributed by atoms with E-state index in [0.717, 1.165) is 53.8 Å². The van der Waals surface area contributed by atoms with E-state index in [2.05, 4.69) is 22.4 Å². The molecule has 1 heterocycles. The molecule has 0 spiro atoms. The number of para-hydroxylation sites is 1. The number of hydrogen-bond acceptors (Lipinski definition) is 4.